The second kappa shape index (κ2) is 10.6. The highest BCUT2D eigenvalue weighted by Gasteiger charge is 2.35. The Hall–Kier alpha value is -1.88. The normalized spacial score (nSPS) is 19.4. The fourth-order valence-electron chi connectivity index (χ4n) is 4.61. The second-order valence-corrected chi connectivity index (χ2v) is 7.98. The van der Waals surface area contributed by atoms with Gasteiger partial charge in [0.15, 0.2) is 5.75 Å². The second-order valence-electron chi connectivity index (χ2n) is 7.98. The van der Waals surface area contributed by atoms with Crippen LogP contribution < -0.4 is 4.89 Å². The standard InChI is InChI=1S/2C12H16O2/c13-14-12(9-5-2-6-10-12)11-7-3-1-4-8-11;13-14-12-9-5-4-8-11(12)10-6-2-1-3-7-10/h1,3-4,7-8,13H,2,5-6,9-10H2;4-5,8-10,13H,1-3,6-7H2. The molecule has 0 unspecified atom stereocenters. The van der Waals surface area contributed by atoms with Crippen molar-refractivity contribution in [1.29, 1.82) is 0 Å². The summed E-state index contributed by atoms with van der Waals surface area (Å²) in [5, 5.41) is 17.8. The van der Waals surface area contributed by atoms with Gasteiger partial charge in [-0.3, -0.25) is 5.26 Å². The monoisotopic (exact) mass is 384 g/mol. The molecule has 0 bridgehead atoms. The van der Waals surface area contributed by atoms with E-state index in [1.807, 2.05) is 48.5 Å². The van der Waals surface area contributed by atoms with Crippen LogP contribution in [0.1, 0.15) is 81.3 Å². The Morgan fingerprint density at radius 1 is 0.714 bits per heavy atom. The van der Waals surface area contributed by atoms with Gasteiger partial charge in [0.2, 0.25) is 0 Å². The van der Waals surface area contributed by atoms with Gasteiger partial charge in [0.1, 0.15) is 5.60 Å². The molecule has 2 aliphatic rings. The van der Waals surface area contributed by atoms with Gasteiger partial charge >= 0.3 is 0 Å². The molecule has 0 atom stereocenters. The summed E-state index contributed by atoms with van der Waals surface area (Å²) in [6.45, 7) is 0. The lowest BCUT2D eigenvalue weighted by Gasteiger charge is -2.34. The zero-order chi connectivity index (χ0) is 19.7. The largest absolute Gasteiger partial charge is 0.340 e. The molecule has 2 saturated carbocycles. The van der Waals surface area contributed by atoms with Crippen molar-refractivity contribution in [3.63, 3.8) is 0 Å². The molecule has 152 valence electrons. The topological polar surface area (TPSA) is 58.9 Å². The van der Waals surface area contributed by atoms with Crippen LogP contribution in [-0.2, 0) is 10.5 Å². The van der Waals surface area contributed by atoms with Crippen LogP contribution in [0.4, 0.5) is 0 Å². The van der Waals surface area contributed by atoms with E-state index < -0.39 is 5.60 Å². The number of benzene rings is 2. The Balaban J connectivity index is 0.000000161. The summed E-state index contributed by atoms with van der Waals surface area (Å²) >= 11 is 0. The van der Waals surface area contributed by atoms with Crippen molar-refractivity contribution in [2.24, 2.45) is 0 Å². The highest BCUT2D eigenvalue weighted by molar-refractivity contribution is 5.36. The first-order valence-corrected chi connectivity index (χ1v) is 10.6. The van der Waals surface area contributed by atoms with Crippen LogP contribution in [0.5, 0.6) is 5.75 Å². The van der Waals surface area contributed by atoms with E-state index in [1.54, 1.807) is 0 Å². The molecule has 0 heterocycles. The van der Waals surface area contributed by atoms with Crippen LogP contribution in [0, 0.1) is 0 Å². The van der Waals surface area contributed by atoms with Crippen molar-refractivity contribution in [3.05, 3.63) is 65.7 Å². The number of hydrogen-bond donors (Lipinski definition) is 2. The van der Waals surface area contributed by atoms with Gasteiger partial charge in [-0.05, 0) is 43.2 Å². The molecule has 4 heteroatoms. The Labute approximate surface area is 168 Å². The number of para-hydroxylation sites is 1. The molecule has 0 aliphatic heterocycles. The maximum Gasteiger partial charge on any atom is 0.168 e. The maximum absolute atomic E-state index is 9.09. The first-order chi connectivity index (χ1) is 13.8. The first-order valence-electron chi connectivity index (χ1n) is 10.6. The van der Waals surface area contributed by atoms with Gasteiger partial charge in [0.05, 0.1) is 0 Å². The van der Waals surface area contributed by atoms with E-state index in [9.17, 15) is 0 Å². The molecular weight excluding hydrogens is 352 g/mol. The van der Waals surface area contributed by atoms with Crippen LogP contribution in [0.2, 0.25) is 0 Å². The lowest BCUT2D eigenvalue weighted by molar-refractivity contribution is -0.337. The zero-order valence-corrected chi connectivity index (χ0v) is 16.6. The van der Waals surface area contributed by atoms with Crippen LogP contribution >= 0.6 is 0 Å². The van der Waals surface area contributed by atoms with Gasteiger partial charge in [-0.2, -0.15) is 0 Å². The van der Waals surface area contributed by atoms with Crippen molar-refractivity contribution >= 4 is 0 Å². The molecule has 28 heavy (non-hydrogen) atoms. The molecule has 0 amide bonds. The van der Waals surface area contributed by atoms with Crippen molar-refractivity contribution in [1.82, 2.24) is 0 Å². The van der Waals surface area contributed by atoms with Gasteiger partial charge in [-0.25, -0.2) is 10.1 Å². The average molecular weight is 385 g/mol. The minimum absolute atomic E-state index is 0.431. The van der Waals surface area contributed by atoms with Gasteiger partial charge in [0, 0.05) is 5.56 Å². The Kier molecular flexibility index (Phi) is 7.90. The maximum atomic E-state index is 9.09. The summed E-state index contributed by atoms with van der Waals surface area (Å²) in [4.78, 5) is 9.16. The van der Waals surface area contributed by atoms with Gasteiger partial charge < -0.3 is 4.89 Å². The molecular formula is C24H32O4. The van der Waals surface area contributed by atoms with Crippen LogP contribution in [0.25, 0.3) is 0 Å². The third-order valence-electron chi connectivity index (χ3n) is 6.20. The summed E-state index contributed by atoms with van der Waals surface area (Å²) in [6.07, 6.45) is 11.7. The van der Waals surface area contributed by atoms with E-state index in [1.165, 1.54) is 38.5 Å². The van der Waals surface area contributed by atoms with E-state index in [2.05, 4.69) is 11.0 Å². The van der Waals surface area contributed by atoms with E-state index in [0.717, 1.165) is 36.8 Å². The van der Waals surface area contributed by atoms with Crippen LogP contribution in [0.3, 0.4) is 0 Å². The molecule has 2 aliphatic carbocycles. The minimum Gasteiger partial charge on any atom is -0.340 e. The molecule has 2 N–H and O–H groups in total. The van der Waals surface area contributed by atoms with Crippen molar-refractivity contribution in [2.75, 3.05) is 0 Å². The number of hydrogen-bond acceptors (Lipinski definition) is 4. The summed E-state index contributed by atoms with van der Waals surface area (Å²) < 4.78 is 0. The third-order valence-corrected chi connectivity index (χ3v) is 6.20. The minimum atomic E-state index is -0.431. The molecule has 0 aromatic heterocycles. The van der Waals surface area contributed by atoms with Crippen molar-refractivity contribution in [3.8, 4) is 5.75 Å². The Bertz CT molecular complexity index is 689. The van der Waals surface area contributed by atoms with Crippen LogP contribution in [-0.4, -0.2) is 10.5 Å². The molecule has 0 saturated heterocycles. The highest BCUT2D eigenvalue weighted by Crippen LogP contribution is 2.39. The predicted molar refractivity (Wildman–Crippen MR) is 110 cm³/mol. The fourth-order valence-corrected chi connectivity index (χ4v) is 4.61. The molecule has 4 rings (SSSR count). The highest BCUT2D eigenvalue weighted by atomic mass is 17.1. The molecule has 2 aromatic carbocycles. The van der Waals surface area contributed by atoms with Gasteiger partial charge in [-0.1, -0.05) is 87.1 Å². The third kappa shape index (κ3) is 5.13. The zero-order valence-electron chi connectivity index (χ0n) is 16.6. The summed E-state index contributed by atoms with van der Waals surface area (Å²) in [5.74, 6) is 1.20. The quantitative estimate of drug-likeness (QED) is 0.443. The Morgan fingerprint density at radius 3 is 1.96 bits per heavy atom. The lowest BCUT2D eigenvalue weighted by Crippen LogP contribution is -2.31. The summed E-state index contributed by atoms with van der Waals surface area (Å²) in [6, 6.07) is 17.8. The van der Waals surface area contributed by atoms with E-state index in [-0.39, 0.29) is 0 Å². The van der Waals surface area contributed by atoms with Gasteiger partial charge in [-0.15, -0.1) is 0 Å². The predicted octanol–water partition coefficient (Wildman–Crippen LogP) is 6.92. The summed E-state index contributed by atoms with van der Waals surface area (Å²) in [5.41, 5.74) is 1.83. The Morgan fingerprint density at radius 2 is 1.32 bits per heavy atom. The number of rotatable bonds is 4. The van der Waals surface area contributed by atoms with Crippen LogP contribution in [0.15, 0.2) is 54.6 Å². The molecule has 2 fully saturated rings. The first kappa shape index (κ1) is 20.8. The average Bonchev–Trinajstić information content (AvgIpc) is 2.81. The molecule has 0 radical (unpaired) electrons. The van der Waals surface area contributed by atoms with Crippen molar-refractivity contribution in [2.45, 2.75) is 75.7 Å². The van der Waals surface area contributed by atoms with E-state index >= 15 is 0 Å². The SMILES string of the molecule is OOC1(c2ccccc2)CCCCC1.OOc1ccccc1C1CCCCC1. The molecule has 0 spiro atoms. The molecule has 2 aromatic rings. The van der Waals surface area contributed by atoms with Crippen molar-refractivity contribution < 1.29 is 20.3 Å². The lowest BCUT2D eigenvalue weighted by atomic mass is 9.80. The fraction of sp³-hybridized carbons (Fsp3) is 0.500. The van der Waals surface area contributed by atoms with Gasteiger partial charge in [0.25, 0.3) is 0 Å². The smallest absolute Gasteiger partial charge is 0.168 e. The summed E-state index contributed by atoms with van der Waals surface area (Å²) in [7, 11) is 0. The van der Waals surface area contributed by atoms with E-state index in [0.29, 0.717) is 11.7 Å². The van der Waals surface area contributed by atoms with E-state index in [4.69, 9.17) is 15.4 Å². The molecule has 4 nitrogen and oxygen atoms in total.